The Hall–Kier alpha value is -1.73. The van der Waals surface area contributed by atoms with E-state index in [1.54, 1.807) is 0 Å². The quantitative estimate of drug-likeness (QED) is 0.589. The molecular formula is C9H12N6O. The molecule has 3 heterocycles. The summed E-state index contributed by atoms with van der Waals surface area (Å²) < 4.78 is 5.30. The van der Waals surface area contributed by atoms with E-state index in [9.17, 15) is 0 Å². The Bertz CT molecular complexity index is 524. The molecule has 0 spiro atoms. The van der Waals surface area contributed by atoms with Gasteiger partial charge in [-0.1, -0.05) is 0 Å². The molecule has 0 aromatic carbocycles. The van der Waals surface area contributed by atoms with Crippen molar-refractivity contribution in [3.8, 4) is 0 Å². The normalized spacial score (nSPS) is 25.3. The summed E-state index contributed by atoms with van der Waals surface area (Å²) in [5, 5.41) is 0. The number of ether oxygens (including phenoxy) is 1. The van der Waals surface area contributed by atoms with Crippen LogP contribution < -0.4 is 11.5 Å². The van der Waals surface area contributed by atoms with Gasteiger partial charge in [-0.15, -0.1) is 0 Å². The molecule has 7 nitrogen and oxygen atoms in total. The molecule has 1 aliphatic rings. The van der Waals surface area contributed by atoms with Crippen molar-refractivity contribution in [1.82, 2.24) is 19.9 Å². The second-order valence-corrected chi connectivity index (χ2v) is 3.89. The first-order valence-electron chi connectivity index (χ1n) is 5.05. The average Bonchev–Trinajstić information content (AvgIpc) is 2.84. The molecule has 5 N–H and O–H groups in total. The molecule has 2 aromatic rings. The van der Waals surface area contributed by atoms with E-state index in [1.165, 1.54) is 6.33 Å². The lowest BCUT2D eigenvalue weighted by Crippen LogP contribution is -2.27. The van der Waals surface area contributed by atoms with Crippen molar-refractivity contribution in [3.63, 3.8) is 0 Å². The van der Waals surface area contributed by atoms with Crippen LogP contribution in [0.5, 0.6) is 0 Å². The van der Waals surface area contributed by atoms with Crippen molar-refractivity contribution in [1.29, 1.82) is 0 Å². The van der Waals surface area contributed by atoms with Gasteiger partial charge < -0.3 is 21.2 Å². The van der Waals surface area contributed by atoms with Gasteiger partial charge >= 0.3 is 0 Å². The van der Waals surface area contributed by atoms with Crippen LogP contribution in [0.4, 0.5) is 5.82 Å². The molecule has 2 aromatic heterocycles. The van der Waals surface area contributed by atoms with Gasteiger partial charge in [-0.05, 0) is 0 Å². The van der Waals surface area contributed by atoms with Gasteiger partial charge in [0.1, 0.15) is 17.7 Å². The molecule has 7 heteroatoms. The third-order valence-corrected chi connectivity index (χ3v) is 2.81. The van der Waals surface area contributed by atoms with Crippen molar-refractivity contribution < 1.29 is 4.74 Å². The Morgan fingerprint density at radius 3 is 2.94 bits per heavy atom. The highest BCUT2D eigenvalue weighted by Gasteiger charge is 2.29. The number of hydrogen-bond donors (Lipinski definition) is 3. The number of nitrogens with two attached hydrogens (primary N) is 2. The minimum Gasteiger partial charge on any atom is -0.382 e. The molecule has 1 aliphatic heterocycles. The first-order valence-corrected chi connectivity index (χ1v) is 5.05. The summed E-state index contributed by atoms with van der Waals surface area (Å²) in [6, 6.07) is -0.0326. The molecule has 1 saturated heterocycles. The lowest BCUT2D eigenvalue weighted by atomic mass is 10.0. The SMILES string of the molecule is Nc1ncnc2nc(C3COCC3N)[nH]c12. The molecule has 1 fully saturated rings. The number of aromatic nitrogens is 4. The largest absolute Gasteiger partial charge is 0.382 e. The van der Waals surface area contributed by atoms with Gasteiger partial charge in [-0.25, -0.2) is 15.0 Å². The fourth-order valence-corrected chi connectivity index (χ4v) is 1.89. The molecule has 3 rings (SSSR count). The Morgan fingerprint density at radius 2 is 2.25 bits per heavy atom. The Labute approximate surface area is 91.2 Å². The van der Waals surface area contributed by atoms with E-state index in [2.05, 4.69) is 19.9 Å². The fourth-order valence-electron chi connectivity index (χ4n) is 1.89. The minimum absolute atomic E-state index is 0.0326. The molecule has 2 atom stereocenters. The number of H-pyrrole nitrogens is 1. The van der Waals surface area contributed by atoms with Crippen molar-refractivity contribution in [2.75, 3.05) is 18.9 Å². The first kappa shape index (κ1) is 9.49. The van der Waals surface area contributed by atoms with E-state index >= 15 is 0 Å². The van der Waals surface area contributed by atoms with Gasteiger partial charge in [-0.2, -0.15) is 0 Å². The first-order chi connectivity index (χ1) is 7.75. The van der Waals surface area contributed by atoms with Crippen molar-refractivity contribution in [3.05, 3.63) is 12.2 Å². The molecule has 84 valence electrons. The highest BCUT2D eigenvalue weighted by molar-refractivity contribution is 5.81. The van der Waals surface area contributed by atoms with E-state index < -0.39 is 0 Å². The van der Waals surface area contributed by atoms with E-state index in [4.69, 9.17) is 16.2 Å². The maximum Gasteiger partial charge on any atom is 0.183 e. The van der Waals surface area contributed by atoms with Gasteiger partial charge in [-0.3, -0.25) is 0 Å². The second-order valence-electron chi connectivity index (χ2n) is 3.89. The van der Waals surface area contributed by atoms with Crippen LogP contribution in [-0.2, 0) is 4.74 Å². The second kappa shape index (κ2) is 3.39. The number of nitrogens with one attached hydrogen (secondary N) is 1. The lowest BCUT2D eigenvalue weighted by Gasteiger charge is -2.08. The number of hydrogen-bond acceptors (Lipinski definition) is 6. The predicted molar refractivity (Wildman–Crippen MR) is 57.6 cm³/mol. The molecule has 0 amide bonds. The fraction of sp³-hybridized carbons (Fsp3) is 0.444. The zero-order valence-electron chi connectivity index (χ0n) is 8.55. The monoisotopic (exact) mass is 220 g/mol. The van der Waals surface area contributed by atoms with Gasteiger partial charge in [0, 0.05) is 6.04 Å². The summed E-state index contributed by atoms with van der Waals surface area (Å²) in [4.78, 5) is 15.4. The molecule has 0 saturated carbocycles. The van der Waals surface area contributed by atoms with Gasteiger partial charge in [0.15, 0.2) is 11.5 Å². The zero-order valence-corrected chi connectivity index (χ0v) is 8.55. The van der Waals surface area contributed by atoms with E-state index in [1.807, 2.05) is 0 Å². The van der Waals surface area contributed by atoms with Crippen molar-refractivity contribution in [2.24, 2.45) is 5.73 Å². The lowest BCUT2D eigenvalue weighted by molar-refractivity contribution is 0.190. The molecule has 0 bridgehead atoms. The van der Waals surface area contributed by atoms with Crippen molar-refractivity contribution >= 4 is 17.0 Å². The summed E-state index contributed by atoms with van der Waals surface area (Å²) >= 11 is 0. The zero-order chi connectivity index (χ0) is 11.1. The third-order valence-electron chi connectivity index (χ3n) is 2.81. The Morgan fingerprint density at radius 1 is 1.38 bits per heavy atom. The van der Waals surface area contributed by atoms with Crippen LogP contribution in [0.3, 0.4) is 0 Å². The van der Waals surface area contributed by atoms with Crippen LogP contribution in [0.1, 0.15) is 11.7 Å². The van der Waals surface area contributed by atoms with E-state index in [0.717, 1.165) is 5.82 Å². The summed E-state index contributed by atoms with van der Waals surface area (Å²) in [6.45, 7) is 1.14. The van der Waals surface area contributed by atoms with Crippen LogP contribution in [0.15, 0.2) is 6.33 Å². The Balaban J connectivity index is 2.08. The van der Waals surface area contributed by atoms with Crippen LogP contribution in [0, 0.1) is 0 Å². The topological polar surface area (TPSA) is 116 Å². The predicted octanol–water partition coefficient (Wildman–Crippen LogP) is -0.624. The smallest absolute Gasteiger partial charge is 0.183 e. The number of rotatable bonds is 1. The highest BCUT2D eigenvalue weighted by Crippen LogP contribution is 2.24. The Kier molecular flexibility index (Phi) is 2.01. The molecule has 0 aliphatic carbocycles. The standard InChI is InChI=1S/C9H12N6O/c10-5-2-16-1-4(5)8-14-6-7(11)12-3-13-9(6)15-8/h3-5H,1-2,10H2,(H3,11,12,13,14,15). The van der Waals surface area contributed by atoms with Gasteiger partial charge in [0.05, 0.1) is 19.1 Å². The third kappa shape index (κ3) is 1.33. The van der Waals surface area contributed by atoms with Crippen LogP contribution in [0.25, 0.3) is 11.2 Å². The summed E-state index contributed by atoms with van der Waals surface area (Å²) in [7, 11) is 0. The van der Waals surface area contributed by atoms with Crippen LogP contribution in [-0.4, -0.2) is 39.2 Å². The maximum absolute atomic E-state index is 5.92. The number of nitrogens with zero attached hydrogens (tertiary/aromatic N) is 3. The summed E-state index contributed by atoms with van der Waals surface area (Å²) in [6.07, 6.45) is 1.40. The van der Waals surface area contributed by atoms with E-state index in [0.29, 0.717) is 30.2 Å². The van der Waals surface area contributed by atoms with Crippen LogP contribution >= 0.6 is 0 Å². The maximum atomic E-state index is 5.92. The van der Waals surface area contributed by atoms with E-state index in [-0.39, 0.29) is 12.0 Å². The van der Waals surface area contributed by atoms with Gasteiger partial charge in [0.25, 0.3) is 0 Å². The number of aromatic amines is 1. The number of fused-ring (bicyclic) bond motifs is 1. The average molecular weight is 220 g/mol. The molecule has 0 radical (unpaired) electrons. The van der Waals surface area contributed by atoms with Gasteiger partial charge in [0.2, 0.25) is 0 Å². The number of nitrogen functional groups attached to an aromatic ring is 1. The highest BCUT2D eigenvalue weighted by atomic mass is 16.5. The van der Waals surface area contributed by atoms with Crippen LogP contribution in [0.2, 0.25) is 0 Å². The molecular weight excluding hydrogens is 208 g/mol. The molecule has 2 unspecified atom stereocenters. The van der Waals surface area contributed by atoms with Crippen molar-refractivity contribution in [2.45, 2.75) is 12.0 Å². The summed E-state index contributed by atoms with van der Waals surface area (Å²) in [5.41, 5.74) is 12.9. The number of anilines is 1. The summed E-state index contributed by atoms with van der Waals surface area (Å²) in [5.74, 6) is 1.25. The minimum atomic E-state index is -0.0326. The number of imidazole rings is 1. The molecule has 16 heavy (non-hydrogen) atoms.